The molecule has 2 heterocycles. The lowest BCUT2D eigenvalue weighted by Gasteiger charge is -2.35. The first-order valence-electron chi connectivity index (χ1n) is 8.33. The molecular weight excluding hydrogens is 270 g/mol. The topological polar surface area (TPSA) is 28.2 Å². The first-order chi connectivity index (χ1) is 10.9. The van der Waals surface area contributed by atoms with Crippen LogP contribution in [-0.2, 0) is 0 Å². The van der Waals surface area contributed by atoms with E-state index in [0.717, 1.165) is 19.5 Å². The van der Waals surface area contributed by atoms with Crippen LogP contribution >= 0.6 is 0 Å². The van der Waals surface area contributed by atoms with Gasteiger partial charge in [-0.1, -0.05) is 31.2 Å². The van der Waals surface area contributed by atoms with Crippen LogP contribution in [-0.4, -0.2) is 24.1 Å². The van der Waals surface area contributed by atoms with Gasteiger partial charge in [0, 0.05) is 43.3 Å². The molecule has 1 atom stereocenters. The van der Waals surface area contributed by atoms with Crippen LogP contribution in [0.15, 0.2) is 54.9 Å². The van der Waals surface area contributed by atoms with E-state index in [1.807, 2.05) is 18.5 Å². The molecule has 1 saturated heterocycles. The number of benzene rings is 1. The van der Waals surface area contributed by atoms with Gasteiger partial charge in [-0.05, 0) is 43.0 Å². The van der Waals surface area contributed by atoms with Gasteiger partial charge in [-0.25, -0.2) is 0 Å². The van der Waals surface area contributed by atoms with Crippen LogP contribution in [0.3, 0.4) is 0 Å². The van der Waals surface area contributed by atoms with Crippen molar-refractivity contribution in [1.29, 1.82) is 0 Å². The quantitative estimate of drug-likeness (QED) is 0.909. The molecule has 1 unspecified atom stereocenters. The van der Waals surface area contributed by atoms with Gasteiger partial charge in [0.1, 0.15) is 0 Å². The molecule has 2 aromatic rings. The molecule has 1 N–H and O–H groups in total. The van der Waals surface area contributed by atoms with Crippen LogP contribution in [0.2, 0.25) is 0 Å². The van der Waals surface area contributed by atoms with Crippen molar-refractivity contribution in [3.05, 3.63) is 60.4 Å². The van der Waals surface area contributed by atoms with E-state index < -0.39 is 0 Å². The zero-order valence-corrected chi connectivity index (χ0v) is 13.3. The first kappa shape index (κ1) is 15.0. The summed E-state index contributed by atoms with van der Waals surface area (Å²) in [5, 5.41) is 3.83. The standard InChI is InChI=1S/C19H25N3/c1-2-19(16-7-6-12-20-15-16)21-17-10-13-22(14-11-17)18-8-4-3-5-9-18/h3-9,12,15,17,19,21H,2,10-11,13-14H2,1H3. The van der Waals surface area contributed by atoms with Crippen LogP contribution in [0.1, 0.15) is 37.8 Å². The maximum Gasteiger partial charge on any atom is 0.0366 e. The maximum atomic E-state index is 4.25. The number of piperidine rings is 1. The molecule has 22 heavy (non-hydrogen) atoms. The van der Waals surface area contributed by atoms with E-state index in [1.54, 1.807) is 0 Å². The van der Waals surface area contributed by atoms with Crippen molar-refractivity contribution in [2.75, 3.05) is 18.0 Å². The molecule has 1 fully saturated rings. The number of hydrogen-bond donors (Lipinski definition) is 1. The summed E-state index contributed by atoms with van der Waals surface area (Å²) in [7, 11) is 0. The minimum absolute atomic E-state index is 0.418. The van der Waals surface area contributed by atoms with Crippen molar-refractivity contribution in [3.8, 4) is 0 Å². The number of rotatable bonds is 5. The lowest BCUT2D eigenvalue weighted by atomic mass is 10.00. The van der Waals surface area contributed by atoms with Gasteiger partial charge in [0.15, 0.2) is 0 Å². The van der Waals surface area contributed by atoms with Crippen molar-refractivity contribution >= 4 is 5.69 Å². The van der Waals surface area contributed by atoms with Crippen LogP contribution < -0.4 is 10.2 Å². The predicted octanol–water partition coefficient (Wildman–Crippen LogP) is 3.79. The molecule has 1 aromatic heterocycles. The van der Waals surface area contributed by atoms with E-state index >= 15 is 0 Å². The molecule has 0 spiro atoms. The van der Waals surface area contributed by atoms with E-state index in [4.69, 9.17) is 0 Å². The highest BCUT2D eigenvalue weighted by Gasteiger charge is 2.21. The molecule has 0 saturated carbocycles. The highest BCUT2D eigenvalue weighted by Crippen LogP contribution is 2.22. The Morgan fingerprint density at radius 1 is 1.14 bits per heavy atom. The average Bonchev–Trinajstić information content (AvgIpc) is 2.62. The largest absolute Gasteiger partial charge is 0.371 e. The van der Waals surface area contributed by atoms with Crippen molar-refractivity contribution in [2.45, 2.75) is 38.3 Å². The Balaban J connectivity index is 1.55. The molecule has 3 nitrogen and oxygen atoms in total. The fourth-order valence-electron chi connectivity index (χ4n) is 3.26. The lowest BCUT2D eigenvalue weighted by Crippen LogP contribution is -2.43. The van der Waals surface area contributed by atoms with Gasteiger partial charge in [0.25, 0.3) is 0 Å². The third-order valence-electron chi connectivity index (χ3n) is 4.55. The molecule has 1 aliphatic heterocycles. The van der Waals surface area contributed by atoms with Crippen molar-refractivity contribution in [3.63, 3.8) is 0 Å². The summed E-state index contributed by atoms with van der Waals surface area (Å²) in [4.78, 5) is 6.74. The van der Waals surface area contributed by atoms with Crippen molar-refractivity contribution < 1.29 is 0 Å². The summed E-state index contributed by atoms with van der Waals surface area (Å²) in [5.74, 6) is 0. The van der Waals surface area contributed by atoms with Crippen molar-refractivity contribution in [1.82, 2.24) is 10.3 Å². The van der Waals surface area contributed by atoms with Gasteiger partial charge in [0.05, 0.1) is 0 Å². The van der Waals surface area contributed by atoms with E-state index in [-0.39, 0.29) is 0 Å². The maximum absolute atomic E-state index is 4.25. The zero-order valence-electron chi connectivity index (χ0n) is 13.3. The molecular formula is C19H25N3. The Labute approximate surface area is 133 Å². The lowest BCUT2D eigenvalue weighted by molar-refractivity contribution is 0.364. The second-order valence-electron chi connectivity index (χ2n) is 6.01. The molecule has 1 aromatic carbocycles. The van der Waals surface area contributed by atoms with Gasteiger partial charge in [-0.15, -0.1) is 0 Å². The minimum Gasteiger partial charge on any atom is -0.371 e. The number of aromatic nitrogens is 1. The Morgan fingerprint density at radius 2 is 1.91 bits per heavy atom. The number of para-hydroxylation sites is 1. The average molecular weight is 295 g/mol. The first-order valence-corrected chi connectivity index (χ1v) is 8.33. The fourth-order valence-corrected chi connectivity index (χ4v) is 3.26. The second-order valence-corrected chi connectivity index (χ2v) is 6.01. The Kier molecular flexibility index (Phi) is 5.07. The molecule has 3 heteroatoms. The number of nitrogens with one attached hydrogen (secondary N) is 1. The third kappa shape index (κ3) is 3.66. The van der Waals surface area contributed by atoms with Gasteiger partial charge >= 0.3 is 0 Å². The number of pyridine rings is 1. The van der Waals surface area contributed by atoms with E-state index in [9.17, 15) is 0 Å². The summed E-state index contributed by atoms with van der Waals surface area (Å²) in [6.07, 6.45) is 7.33. The normalized spacial score (nSPS) is 17.4. The van der Waals surface area contributed by atoms with Gasteiger partial charge in [0.2, 0.25) is 0 Å². The molecule has 116 valence electrons. The van der Waals surface area contributed by atoms with Gasteiger partial charge < -0.3 is 10.2 Å². The van der Waals surface area contributed by atoms with Gasteiger partial charge in [-0.3, -0.25) is 4.98 Å². The highest BCUT2D eigenvalue weighted by molar-refractivity contribution is 5.46. The Bertz CT molecular complexity index is 547. The van der Waals surface area contributed by atoms with Gasteiger partial charge in [-0.2, -0.15) is 0 Å². The van der Waals surface area contributed by atoms with E-state index in [2.05, 4.69) is 58.5 Å². The molecule has 1 aliphatic rings. The third-order valence-corrected chi connectivity index (χ3v) is 4.55. The highest BCUT2D eigenvalue weighted by atomic mass is 15.1. The fraction of sp³-hybridized carbons (Fsp3) is 0.421. The monoisotopic (exact) mass is 295 g/mol. The van der Waals surface area contributed by atoms with Crippen LogP contribution in [0.4, 0.5) is 5.69 Å². The summed E-state index contributed by atoms with van der Waals surface area (Å²) < 4.78 is 0. The predicted molar refractivity (Wildman–Crippen MR) is 92.1 cm³/mol. The van der Waals surface area contributed by atoms with E-state index in [1.165, 1.54) is 24.1 Å². The van der Waals surface area contributed by atoms with Crippen LogP contribution in [0.5, 0.6) is 0 Å². The molecule has 0 radical (unpaired) electrons. The molecule has 0 aliphatic carbocycles. The summed E-state index contributed by atoms with van der Waals surface area (Å²) in [5.41, 5.74) is 2.65. The van der Waals surface area contributed by atoms with Crippen molar-refractivity contribution in [2.24, 2.45) is 0 Å². The second kappa shape index (κ2) is 7.41. The Hall–Kier alpha value is -1.87. The summed E-state index contributed by atoms with van der Waals surface area (Å²) >= 11 is 0. The number of anilines is 1. The number of nitrogens with zero attached hydrogens (tertiary/aromatic N) is 2. The number of hydrogen-bond acceptors (Lipinski definition) is 3. The summed E-state index contributed by atoms with van der Waals surface area (Å²) in [6, 6.07) is 16.0. The Morgan fingerprint density at radius 3 is 2.55 bits per heavy atom. The molecule has 0 amide bonds. The zero-order chi connectivity index (χ0) is 15.2. The SMILES string of the molecule is CCC(NC1CCN(c2ccccc2)CC1)c1cccnc1. The minimum atomic E-state index is 0.418. The molecule has 0 bridgehead atoms. The summed E-state index contributed by atoms with van der Waals surface area (Å²) in [6.45, 7) is 4.50. The van der Waals surface area contributed by atoms with E-state index in [0.29, 0.717) is 12.1 Å². The van der Waals surface area contributed by atoms with Crippen LogP contribution in [0.25, 0.3) is 0 Å². The van der Waals surface area contributed by atoms with Crippen LogP contribution in [0, 0.1) is 0 Å². The molecule has 3 rings (SSSR count). The smallest absolute Gasteiger partial charge is 0.0366 e.